The summed E-state index contributed by atoms with van der Waals surface area (Å²) in [6.45, 7) is 1.97. The van der Waals surface area contributed by atoms with Gasteiger partial charge >= 0.3 is 0 Å². The first-order valence-corrected chi connectivity index (χ1v) is 6.03. The molecule has 0 spiro atoms. The molecule has 3 heteroatoms. The van der Waals surface area contributed by atoms with Crippen molar-refractivity contribution in [3.8, 4) is 0 Å². The van der Waals surface area contributed by atoms with Gasteiger partial charge in [0.25, 0.3) is 0 Å². The standard InChI is InChI=1S/C16H12FNO/c1-10-2-4-11(5-3-10)16(19)14-9-18-15-7-6-12(17)8-13(14)15/h2-9,18H,1H3. The molecule has 94 valence electrons. The highest BCUT2D eigenvalue weighted by atomic mass is 19.1. The van der Waals surface area contributed by atoms with Crippen LogP contribution >= 0.6 is 0 Å². The Kier molecular flexibility index (Phi) is 2.67. The SMILES string of the molecule is Cc1ccc(C(=O)c2c[nH]c3ccc(F)cc23)cc1. The normalized spacial score (nSPS) is 10.8. The zero-order valence-electron chi connectivity index (χ0n) is 10.4. The van der Waals surface area contributed by atoms with Crippen LogP contribution in [0.25, 0.3) is 10.9 Å². The second-order valence-corrected chi connectivity index (χ2v) is 4.59. The maximum Gasteiger partial charge on any atom is 0.195 e. The topological polar surface area (TPSA) is 32.9 Å². The molecule has 0 unspecified atom stereocenters. The van der Waals surface area contributed by atoms with E-state index in [2.05, 4.69) is 4.98 Å². The lowest BCUT2D eigenvalue weighted by molar-refractivity contribution is 0.104. The molecule has 0 aliphatic rings. The number of fused-ring (bicyclic) bond motifs is 1. The molecule has 0 aliphatic heterocycles. The van der Waals surface area contributed by atoms with Gasteiger partial charge in [0.2, 0.25) is 0 Å². The fourth-order valence-electron chi connectivity index (χ4n) is 2.14. The zero-order valence-corrected chi connectivity index (χ0v) is 10.4. The van der Waals surface area contributed by atoms with Crippen LogP contribution in [-0.4, -0.2) is 10.8 Å². The number of ketones is 1. The molecule has 0 aliphatic carbocycles. The van der Waals surface area contributed by atoms with Crippen LogP contribution < -0.4 is 0 Å². The molecule has 3 rings (SSSR count). The molecule has 1 heterocycles. The van der Waals surface area contributed by atoms with Crippen LogP contribution in [0, 0.1) is 12.7 Å². The number of H-pyrrole nitrogens is 1. The van der Waals surface area contributed by atoms with Gasteiger partial charge in [-0.2, -0.15) is 0 Å². The number of hydrogen-bond acceptors (Lipinski definition) is 1. The van der Waals surface area contributed by atoms with Gasteiger partial charge in [-0.3, -0.25) is 4.79 Å². The van der Waals surface area contributed by atoms with E-state index in [9.17, 15) is 9.18 Å². The van der Waals surface area contributed by atoms with Crippen LogP contribution in [0.2, 0.25) is 0 Å². The van der Waals surface area contributed by atoms with Crippen molar-refractivity contribution in [2.24, 2.45) is 0 Å². The molecule has 1 aromatic heterocycles. The van der Waals surface area contributed by atoms with E-state index in [0.29, 0.717) is 16.5 Å². The average Bonchev–Trinajstić information content (AvgIpc) is 2.81. The van der Waals surface area contributed by atoms with Crippen LogP contribution in [0.5, 0.6) is 0 Å². The van der Waals surface area contributed by atoms with E-state index >= 15 is 0 Å². The van der Waals surface area contributed by atoms with E-state index in [1.807, 2.05) is 19.1 Å². The molecule has 0 amide bonds. The highest BCUT2D eigenvalue weighted by molar-refractivity contribution is 6.16. The Labute approximate surface area is 109 Å². The Bertz CT molecular complexity index is 756. The minimum absolute atomic E-state index is 0.100. The van der Waals surface area contributed by atoms with Gasteiger partial charge in [0.05, 0.1) is 0 Å². The fraction of sp³-hybridized carbons (Fsp3) is 0.0625. The number of benzene rings is 2. The van der Waals surface area contributed by atoms with Crippen molar-refractivity contribution < 1.29 is 9.18 Å². The van der Waals surface area contributed by atoms with Gasteiger partial charge in [-0.25, -0.2) is 4.39 Å². The molecule has 19 heavy (non-hydrogen) atoms. The molecule has 0 atom stereocenters. The van der Waals surface area contributed by atoms with E-state index in [4.69, 9.17) is 0 Å². The number of hydrogen-bond donors (Lipinski definition) is 1. The summed E-state index contributed by atoms with van der Waals surface area (Å²) in [7, 11) is 0. The number of aromatic amines is 1. The monoisotopic (exact) mass is 253 g/mol. The Morgan fingerprint density at radius 2 is 1.84 bits per heavy atom. The summed E-state index contributed by atoms with van der Waals surface area (Å²) >= 11 is 0. The van der Waals surface area contributed by atoms with Gasteiger partial charge in [0, 0.05) is 28.2 Å². The Hall–Kier alpha value is -2.42. The largest absolute Gasteiger partial charge is 0.360 e. The lowest BCUT2D eigenvalue weighted by Crippen LogP contribution is -2.00. The molecule has 0 radical (unpaired) electrons. The van der Waals surface area contributed by atoms with Gasteiger partial charge in [-0.15, -0.1) is 0 Å². The van der Waals surface area contributed by atoms with Crippen molar-refractivity contribution in [3.05, 3.63) is 71.2 Å². The maximum atomic E-state index is 13.3. The lowest BCUT2D eigenvalue weighted by atomic mass is 10.0. The summed E-state index contributed by atoms with van der Waals surface area (Å²) in [4.78, 5) is 15.4. The third kappa shape index (κ3) is 2.03. The smallest absolute Gasteiger partial charge is 0.195 e. The number of aryl methyl sites for hydroxylation is 1. The zero-order chi connectivity index (χ0) is 13.4. The van der Waals surface area contributed by atoms with Crippen LogP contribution in [0.15, 0.2) is 48.7 Å². The van der Waals surface area contributed by atoms with Crippen molar-refractivity contribution >= 4 is 16.7 Å². The first-order chi connectivity index (χ1) is 9.15. The molecule has 0 saturated heterocycles. The molecule has 2 nitrogen and oxygen atoms in total. The number of halogens is 1. The minimum atomic E-state index is -0.343. The number of rotatable bonds is 2. The van der Waals surface area contributed by atoms with Gasteiger partial charge in [0.1, 0.15) is 5.82 Å². The number of aromatic nitrogens is 1. The quantitative estimate of drug-likeness (QED) is 0.691. The second kappa shape index (κ2) is 4.35. The van der Waals surface area contributed by atoms with Crippen molar-refractivity contribution in [1.82, 2.24) is 4.98 Å². The van der Waals surface area contributed by atoms with Gasteiger partial charge in [-0.1, -0.05) is 29.8 Å². The van der Waals surface area contributed by atoms with Crippen molar-refractivity contribution in [3.63, 3.8) is 0 Å². The van der Waals surface area contributed by atoms with E-state index < -0.39 is 0 Å². The molecule has 0 bridgehead atoms. The van der Waals surface area contributed by atoms with Gasteiger partial charge < -0.3 is 4.98 Å². The summed E-state index contributed by atoms with van der Waals surface area (Å²) in [5, 5.41) is 0.616. The van der Waals surface area contributed by atoms with E-state index in [1.165, 1.54) is 12.1 Å². The third-order valence-corrected chi connectivity index (χ3v) is 3.20. The van der Waals surface area contributed by atoms with Crippen LogP contribution in [-0.2, 0) is 0 Å². The highest BCUT2D eigenvalue weighted by Crippen LogP contribution is 2.22. The van der Waals surface area contributed by atoms with E-state index in [1.54, 1.807) is 24.4 Å². The molecule has 2 aromatic carbocycles. The highest BCUT2D eigenvalue weighted by Gasteiger charge is 2.14. The lowest BCUT2D eigenvalue weighted by Gasteiger charge is -2.00. The minimum Gasteiger partial charge on any atom is -0.360 e. The van der Waals surface area contributed by atoms with Crippen LogP contribution in [0.4, 0.5) is 4.39 Å². The van der Waals surface area contributed by atoms with Crippen molar-refractivity contribution in [2.45, 2.75) is 6.92 Å². The Morgan fingerprint density at radius 3 is 2.58 bits per heavy atom. The average molecular weight is 253 g/mol. The molecule has 1 N–H and O–H groups in total. The van der Waals surface area contributed by atoms with Crippen LogP contribution in [0.3, 0.4) is 0 Å². The van der Waals surface area contributed by atoms with Crippen LogP contribution in [0.1, 0.15) is 21.5 Å². The Morgan fingerprint density at radius 1 is 1.11 bits per heavy atom. The first kappa shape index (κ1) is 11.7. The molecule has 0 fully saturated rings. The maximum absolute atomic E-state index is 13.3. The summed E-state index contributed by atoms with van der Waals surface area (Å²) in [5.41, 5.74) is 2.97. The molecular formula is C16H12FNO. The van der Waals surface area contributed by atoms with E-state index in [-0.39, 0.29) is 11.6 Å². The molecule has 0 saturated carbocycles. The number of carbonyl (C=O) groups excluding carboxylic acids is 1. The fourth-order valence-corrected chi connectivity index (χ4v) is 2.14. The number of carbonyl (C=O) groups is 1. The summed E-state index contributed by atoms with van der Waals surface area (Å²) in [5.74, 6) is -0.443. The predicted molar refractivity (Wildman–Crippen MR) is 72.9 cm³/mol. The molecule has 3 aromatic rings. The first-order valence-electron chi connectivity index (χ1n) is 6.03. The summed E-state index contributed by atoms with van der Waals surface area (Å²) in [6, 6.07) is 11.7. The van der Waals surface area contributed by atoms with Crippen molar-refractivity contribution in [1.29, 1.82) is 0 Å². The summed E-state index contributed by atoms with van der Waals surface area (Å²) < 4.78 is 13.3. The Balaban J connectivity index is 2.11. The van der Waals surface area contributed by atoms with Gasteiger partial charge in [0.15, 0.2) is 5.78 Å². The third-order valence-electron chi connectivity index (χ3n) is 3.20. The second-order valence-electron chi connectivity index (χ2n) is 4.59. The van der Waals surface area contributed by atoms with E-state index in [0.717, 1.165) is 11.1 Å². The predicted octanol–water partition coefficient (Wildman–Crippen LogP) is 3.85. The van der Waals surface area contributed by atoms with Gasteiger partial charge in [-0.05, 0) is 25.1 Å². The summed E-state index contributed by atoms with van der Waals surface area (Å²) in [6.07, 6.45) is 1.63. The van der Waals surface area contributed by atoms with Crippen molar-refractivity contribution in [2.75, 3.05) is 0 Å². The number of nitrogens with one attached hydrogen (secondary N) is 1. The molecular weight excluding hydrogens is 241 g/mol.